The molecule has 0 radical (unpaired) electrons. The van der Waals surface area contributed by atoms with Crippen LogP contribution in [0.15, 0.2) is 21.3 Å². The fourth-order valence-corrected chi connectivity index (χ4v) is 3.51. The van der Waals surface area contributed by atoms with Gasteiger partial charge in [-0.05, 0) is 43.4 Å². The minimum atomic E-state index is -0.957. The summed E-state index contributed by atoms with van der Waals surface area (Å²) in [5.41, 5.74) is 1.88. The highest BCUT2D eigenvalue weighted by atomic mass is 16.4. The highest BCUT2D eigenvalue weighted by Crippen LogP contribution is 2.30. The van der Waals surface area contributed by atoms with E-state index in [0.29, 0.717) is 23.1 Å². The molecule has 0 aliphatic heterocycles. The molecule has 1 aromatic heterocycles. The van der Waals surface area contributed by atoms with E-state index in [9.17, 15) is 19.8 Å². The lowest BCUT2D eigenvalue weighted by Crippen LogP contribution is -2.40. The number of nitrogens with one attached hydrogen (secondary N) is 1. The molecule has 6 heteroatoms. The van der Waals surface area contributed by atoms with Crippen LogP contribution in [0.4, 0.5) is 0 Å². The number of carbonyl (C=O) groups is 1. The number of unbranched alkanes of at least 4 members (excludes halogenated alkanes) is 3. The Balaban J connectivity index is 2.38. The Hall–Kier alpha value is -2.34. The maximum absolute atomic E-state index is 12.6. The second-order valence-corrected chi connectivity index (χ2v) is 7.68. The Kier molecular flexibility index (Phi) is 7.63. The number of fused-ring (bicyclic) bond motifs is 1. The predicted octanol–water partition coefficient (Wildman–Crippen LogP) is 4.13. The molecule has 154 valence electrons. The third kappa shape index (κ3) is 4.93. The van der Waals surface area contributed by atoms with Crippen LogP contribution in [-0.4, -0.2) is 22.2 Å². The molecule has 6 nitrogen and oxygen atoms in total. The van der Waals surface area contributed by atoms with E-state index in [1.54, 1.807) is 12.1 Å². The van der Waals surface area contributed by atoms with E-state index in [-0.39, 0.29) is 23.8 Å². The summed E-state index contributed by atoms with van der Waals surface area (Å²) in [4.78, 5) is 24.0. The third-order valence-electron chi connectivity index (χ3n) is 5.25. The fraction of sp³-hybridized carbons (Fsp3) is 0.545. The number of aromatic hydroxyl groups is 1. The zero-order valence-corrected chi connectivity index (χ0v) is 17.2. The number of carboxylic acids is 1. The standard InChI is InChI=1S/C22H31NO5/c1-5-6-7-8-9-16-14(4)15-10-11-18(24)17(20(15)28-22(16)27)12-23-19(13(2)3)21(25)26/h10-11,13,19,23-24H,5-9,12H2,1-4H3,(H,25,26). The van der Waals surface area contributed by atoms with E-state index in [1.165, 1.54) is 0 Å². The molecule has 0 amide bonds. The summed E-state index contributed by atoms with van der Waals surface area (Å²) in [7, 11) is 0. The Bertz CT molecular complexity index is 885. The molecule has 0 fully saturated rings. The zero-order valence-electron chi connectivity index (χ0n) is 17.2. The maximum Gasteiger partial charge on any atom is 0.339 e. The minimum Gasteiger partial charge on any atom is -0.507 e. The molecule has 1 heterocycles. The lowest BCUT2D eigenvalue weighted by atomic mass is 9.98. The van der Waals surface area contributed by atoms with Gasteiger partial charge < -0.3 is 14.6 Å². The van der Waals surface area contributed by atoms with Gasteiger partial charge in [-0.3, -0.25) is 10.1 Å². The summed E-state index contributed by atoms with van der Waals surface area (Å²) in [5, 5.41) is 23.4. The molecule has 2 rings (SSSR count). The Morgan fingerprint density at radius 2 is 1.89 bits per heavy atom. The first-order chi connectivity index (χ1) is 13.3. The largest absolute Gasteiger partial charge is 0.507 e. The van der Waals surface area contributed by atoms with Crippen molar-refractivity contribution in [2.24, 2.45) is 5.92 Å². The second-order valence-electron chi connectivity index (χ2n) is 7.68. The van der Waals surface area contributed by atoms with Gasteiger partial charge in [-0.25, -0.2) is 4.79 Å². The molecule has 1 aromatic carbocycles. The molecule has 0 saturated carbocycles. The van der Waals surface area contributed by atoms with Gasteiger partial charge in [0.2, 0.25) is 0 Å². The minimum absolute atomic E-state index is 0.0221. The third-order valence-corrected chi connectivity index (χ3v) is 5.25. The maximum atomic E-state index is 12.6. The predicted molar refractivity (Wildman–Crippen MR) is 110 cm³/mol. The summed E-state index contributed by atoms with van der Waals surface area (Å²) in [6.45, 7) is 7.76. The smallest absolute Gasteiger partial charge is 0.339 e. The van der Waals surface area contributed by atoms with E-state index in [1.807, 2.05) is 20.8 Å². The van der Waals surface area contributed by atoms with Crippen LogP contribution in [0, 0.1) is 12.8 Å². The van der Waals surface area contributed by atoms with Crippen molar-refractivity contribution in [3.8, 4) is 5.75 Å². The van der Waals surface area contributed by atoms with Crippen molar-refractivity contribution in [3.05, 3.63) is 39.2 Å². The van der Waals surface area contributed by atoms with E-state index >= 15 is 0 Å². The monoisotopic (exact) mass is 389 g/mol. The van der Waals surface area contributed by atoms with Crippen LogP contribution in [0.25, 0.3) is 11.0 Å². The van der Waals surface area contributed by atoms with E-state index in [4.69, 9.17) is 4.42 Å². The number of hydrogen-bond acceptors (Lipinski definition) is 5. The van der Waals surface area contributed by atoms with Crippen molar-refractivity contribution in [2.75, 3.05) is 0 Å². The first kappa shape index (κ1) is 22.0. The van der Waals surface area contributed by atoms with Gasteiger partial charge in [-0.2, -0.15) is 0 Å². The van der Waals surface area contributed by atoms with Gasteiger partial charge in [0, 0.05) is 17.5 Å². The number of phenolic OH excluding ortho intramolecular Hbond substituents is 1. The second kappa shape index (κ2) is 9.73. The topological polar surface area (TPSA) is 99.8 Å². The number of carboxylic acid groups (broad SMARTS) is 1. The number of aryl methyl sites for hydroxylation is 1. The lowest BCUT2D eigenvalue weighted by Gasteiger charge is -2.19. The fourth-order valence-electron chi connectivity index (χ4n) is 3.51. The number of rotatable bonds is 10. The van der Waals surface area contributed by atoms with Gasteiger partial charge in [-0.1, -0.05) is 40.0 Å². The molecule has 28 heavy (non-hydrogen) atoms. The average Bonchev–Trinajstić information content (AvgIpc) is 2.62. The van der Waals surface area contributed by atoms with Crippen LogP contribution < -0.4 is 10.9 Å². The highest BCUT2D eigenvalue weighted by molar-refractivity contribution is 5.85. The Morgan fingerprint density at radius 1 is 1.18 bits per heavy atom. The van der Waals surface area contributed by atoms with Gasteiger partial charge in [0.15, 0.2) is 0 Å². The van der Waals surface area contributed by atoms with Gasteiger partial charge in [0.05, 0.1) is 5.56 Å². The molecule has 2 aromatic rings. The van der Waals surface area contributed by atoms with Crippen LogP contribution in [0.1, 0.15) is 63.1 Å². The van der Waals surface area contributed by atoms with E-state index < -0.39 is 12.0 Å². The molecule has 0 aliphatic rings. The molecular formula is C22H31NO5. The Morgan fingerprint density at radius 3 is 2.50 bits per heavy atom. The first-order valence-electron chi connectivity index (χ1n) is 10.0. The lowest BCUT2D eigenvalue weighted by molar-refractivity contribution is -0.140. The van der Waals surface area contributed by atoms with Gasteiger partial charge >= 0.3 is 11.6 Å². The highest BCUT2D eigenvalue weighted by Gasteiger charge is 2.23. The number of phenols is 1. The summed E-state index contributed by atoms with van der Waals surface area (Å²) in [6, 6.07) is 2.55. The summed E-state index contributed by atoms with van der Waals surface area (Å²) < 4.78 is 5.59. The average molecular weight is 389 g/mol. The van der Waals surface area contributed by atoms with E-state index in [0.717, 1.165) is 36.6 Å². The van der Waals surface area contributed by atoms with Crippen molar-refractivity contribution >= 4 is 16.9 Å². The van der Waals surface area contributed by atoms with Crippen LogP contribution in [0.3, 0.4) is 0 Å². The van der Waals surface area contributed by atoms with Crippen molar-refractivity contribution in [2.45, 2.75) is 72.4 Å². The number of aliphatic carboxylic acids is 1. The molecule has 0 bridgehead atoms. The molecular weight excluding hydrogens is 358 g/mol. The number of hydrogen-bond donors (Lipinski definition) is 3. The molecule has 0 aliphatic carbocycles. The summed E-state index contributed by atoms with van der Waals surface area (Å²) in [5.74, 6) is -1.11. The van der Waals surface area contributed by atoms with Crippen molar-refractivity contribution in [3.63, 3.8) is 0 Å². The quantitative estimate of drug-likeness (QED) is 0.417. The van der Waals surface area contributed by atoms with Crippen molar-refractivity contribution < 1.29 is 19.4 Å². The zero-order chi connectivity index (χ0) is 20.8. The van der Waals surface area contributed by atoms with E-state index in [2.05, 4.69) is 12.2 Å². The first-order valence-corrected chi connectivity index (χ1v) is 10.0. The molecule has 0 saturated heterocycles. The van der Waals surface area contributed by atoms with Gasteiger partial charge in [0.25, 0.3) is 0 Å². The molecule has 3 N–H and O–H groups in total. The normalized spacial score (nSPS) is 12.6. The Labute approximate surface area is 165 Å². The van der Waals surface area contributed by atoms with Crippen LogP contribution in [-0.2, 0) is 17.8 Å². The van der Waals surface area contributed by atoms with Crippen LogP contribution >= 0.6 is 0 Å². The van der Waals surface area contributed by atoms with Crippen molar-refractivity contribution in [1.82, 2.24) is 5.32 Å². The number of benzene rings is 1. The summed E-state index contributed by atoms with van der Waals surface area (Å²) >= 11 is 0. The van der Waals surface area contributed by atoms with Gasteiger partial charge in [0.1, 0.15) is 17.4 Å². The van der Waals surface area contributed by atoms with Gasteiger partial charge in [-0.15, -0.1) is 0 Å². The van der Waals surface area contributed by atoms with Crippen molar-refractivity contribution in [1.29, 1.82) is 0 Å². The summed E-state index contributed by atoms with van der Waals surface area (Å²) in [6.07, 6.45) is 4.96. The van der Waals surface area contributed by atoms with Crippen LogP contribution in [0.2, 0.25) is 0 Å². The molecule has 1 atom stereocenters. The van der Waals surface area contributed by atoms with Crippen LogP contribution in [0.5, 0.6) is 5.75 Å². The molecule has 1 unspecified atom stereocenters. The SMILES string of the molecule is CCCCCCc1c(C)c2ccc(O)c(CNC(C(=O)O)C(C)C)c2oc1=O. The molecule has 0 spiro atoms.